The molecule has 1 N–H and O–H groups in total. The summed E-state index contributed by atoms with van der Waals surface area (Å²) in [6, 6.07) is 24.2. The number of nitrogens with zero attached hydrogens (tertiary/aromatic N) is 2. The van der Waals surface area contributed by atoms with Crippen LogP contribution in [-0.2, 0) is 4.79 Å². The zero-order valence-corrected chi connectivity index (χ0v) is 17.8. The SMILES string of the molecule is CN1C(=O)C(NC(=O)c2ccc(I)cc2)=NC(c2ccccc2)c2ccccc21. The van der Waals surface area contributed by atoms with Crippen LogP contribution in [0.2, 0.25) is 0 Å². The summed E-state index contributed by atoms with van der Waals surface area (Å²) in [5, 5.41) is 2.73. The molecule has 0 saturated heterocycles. The molecule has 1 atom stereocenters. The zero-order valence-electron chi connectivity index (χ0n) is 15.7. The number of hydrogen-bond donors (Lipinski definition) is 1. The summed E-state index contributed by atoms with van der Waals surface area (Å²) >= 11 is 2.18. The Labute approximate surface area is 182 Å². The van der Waals surface area contributed by atoms with Crippen molar-refractivity contribution in [3.05, 3.63) is 99.1 Å². The van der Waals surface area contributed by atoms with Gasteiger partial charge in [0.15, 0.2) is 5.84 Å². The number of carbonyl (C=O) groups excluding carboxylic acids is 2. The molecule has 1 aliphatic rings. The van der Waals surface area contributed by atoms with E-state index in [4.69, 9.17) is 4.99 Å². The second kappa shape index (κ2) is 8.16. The molecule has 144 valence electrons. The molecule has 0 fully saturated rings. The summed E-state index contributed by atoms with van der Waals surface area (Å²) in [7, 11) is 1.70. The van der Waals surface area contributed by atoms with Crippen LogP contribution in [0, 0.1) is 3.57 Å². The molecule has 4 rings (SSSR count). The average Bonchev–Trinajstić information content (AvgIpc) is 2.85. The summed E-state index contributed by atoms with van der Waals surface area (Å²) in [4.78, 5) is 32.1. The van der Waals surface area contributed by atoms with E-state index in [1.807, 2.05) is 66.7 Å². The first-order valence-corrected chi connectivity index (χ1v) is 10.2. The molecule has 1 aliphatic heterocycles. The number of rotatable bonds is 2. The van der Waals surface area contributed by atoms with Crippen molar-refractivity contribution >= 4 is 45.9 Å². The van der Waals surface area contributed by atoms with Crippen LogP contribution in [0.15, 0.2) is 83.9 Å². The smallest absolute Gasteiger partial charge is 0.293 e. The highest BCUT2D eigenvalue weighted by atomic mass is 127. The Hall–Kier alpha value is -3.00. The van der Waals surface area contributed by atoms with Gasteiger partial charge in [0.25, 0.3) is 11.8 Å². The maximum Gasteiger partial charge on any atom is 0.293 e. The number of hydrogen-bond acceptors (Lipinski definition) is 3. The third-order valence-electron chi connectivity index (χ3n) is 4.81. The molecule has 3 aromatic carbocycles. The highest BCUT2D eigenvalue weighted by Gasteiger charge is 2.30. The Morgan fingerprint density at radius 2 is 1.62 bits per heavy atom. The quantitative estimate of drug-likeness (QED) is 0.543. The van der Waals surface area contributed by atoms with Gasteiger partial charge in [0.2, 0.25) is 0 Å². The van der Waals surface area contributed by atoms with Gasteiger partial charge in [-0.15, -0.1) is 0 Å². The van der Waals surface area contributed by atoms with Gasteiger partial charge < -0.3 is 10.2 Å². The van der Waals surface area contributed by atoms with Crippen LogP contribution in [0.5, 0.6) is 0 Å². The van der Waals surface area contributed by atoms with Gasteiger partial charge in [-0.05, 0) is 58.5 Å². The van der Waals surface area contributed by atoms with Crippen molar-refractivity contribution in [2.75, 3.05) is 11.9 Å². The minimum Gasteiger partial charge on any atom is -0.308 e. The third kappa shape index (κ3) is 3.93. The molecule has 0 aliphatic carbocycles. The number of amidine groups is 1. The van der Waals surface area contributed by atoms with Crippen LogP contribution in [0.3, 0.4) is 0 Å². The van der Waals surface area contributed by atoms with Gasteiger partial charge in [0.1, 0.15) is 6.04 Å². The predicted octanol–water partition coefficient (Wildman–Crippen LogP) is 4.19. The lowest BCUT2D eigenvalue weighted by molar-refractivity contribution is -0.112. The molecule has 2 amide bonds. The predicted molar refractivity (Wildman–Crippen MR) is 122 cm³/mol. The summed E-state index contributed by atoms with van der Waals surface area (Å²) in [6.07, 6.45) is 0. The molecule has 6 heteroatoms. The normalized spacial score (nSPS) is 15.9. The van der Waals surface area contributed by atoms with Gasteiger partial charge in [-0.3, -0.25) is 14.6 Å². The number of carbonyl (C=O) groups is 2. The van der Waals surface area contributed by atoms with Crippen LogP contribution in [0.1, 0.15) is 27.5 Å². The maximum absolute atomic E-state index is 13.1. The van der Waals surface area contributed by atoms with E-state index in [1.54, 1.807) is 19.2 Å². The summed E-state index contributed by atoms with van der Waals surface area (Å²) in [5.74, 6) is -0.685. The van der Waals surface area contributed by atoms with E-state index in [2.05, 4.69) is 27.9 Å². The molecular formula is C23H18IN3O2. The summed E-state index contributed by atoms with van der Waals surface area (Å²) in [5.41, 5.74) is 3.10. The Bertz CT molecular complexity index is 1090. The second-order valence-electron chi connectivity index (χ2n) is 6.67. The number of halogens is 1. The molecular weight excluding hydrogens is 477 g/mol. The van der Waals surface area contributed by atoms with Crippen molar-refractivity contribution in [2.24, 2.45) is 4.99 Å². The molecule has 0 saturated carbocycles. The first kappa shape index (κ1) is 19.3. The fourth-order valence-corrected chi connectivity index (χ4v) is 3.66. The first-order chi connectivity index (χ1) is 14.0. The highest BCUT2D eigenvalue weighted by Crippen LogP contribution is 2.35. The molecule has 1 heterocycles. The van der Waals surface area contributed by atoms with Crippen LogP contribution >= 0.6 is 22.6 Å². The fraction of sp³-hybridized carbons (Fsp3) is 0.0870. The third-order valence-corrected chi connectivity index (χ3v) is 5.53. The van der Waals surface area contributed by atoms with Crippen molar-refractivity contribution in [3.63, 3.8) is 0 Å². The van der Waals surface area contributed by atoms with Crippen LogP contribution in [-0.4, -0.2) is 24.7 Å². The zero-order chi connectivity index (χ0) is 20.4. The number of benzene rings is 3. The summed E-state index contributed by atoms with van der Waals surface area (Å²) < 4.78 is 1.03. The van der Waals surface area contributed by atoms with Gasteiger partial charge >= 0.3 is 0 Å². The minimum atomic E-state index is -0.395. The number of nitrogens with one attached hydrogen (secondary N) is 1. The Balaban J connectivity index is 1.77. The van der Waals surface area contributed by atoms with Crippen molar-refractivity contribution < 1.29 is 9.59 Å². The Morgan fingerprint density at radius 3 is 2.34 bits per heavy atom. The standard InChI is InChI=1S/C23H18IN3O2/c1-27-19-10-6-5-9-18(19)20(15-7-3-2-4-8-15)25-21(23(27)29)26-22(28)16-11-13-17(24)14-12-16/h2-14,20H,1H3,(H,25,26,28). The number of amides is 2. The Morgan fingerprint density at radius 1 is 0.966 bits per heavy atom. The van der Waals surface area contributed by atoms with Crippen molar-refractivity contribution in [2.45, 2.75) is 6.04 Å². The van der Waals surface area contributed by atoms with E-state index < -0.39 is 6.04 Å². The molecule has 1 unspecified atom stereocenters. The number of fused-ring (bicyclic) bond motifs is 1. The van der Waals surface area contributed by atoms with E-state index in [0.717, 1.165) is 20.4 Å². The average molecular weight is 495 g/mol. The molecule has 0 aromatic heterocycles. The maximum atomic E-state index is 13.1. The van der Waals surface area contributed by atoms with Gasteiger partial charge in [-0.25, -0.2) is 0 Å². The van der Waals surface area contributed by atoms with Crippen molar-refractivity contribution in [1.82, 2.24) is 5.32 Å². The van der Waals surface area contributed by atoms with Crippen LogP contribution in [0.25, 0.3) is 0 Å². The summed E-state index contributed by atoms with van der Waals surface area (Å²) in [6.45, 7) is 0. The van der Waals surface area contributed by atoms with Crippen LogP contribution in [0.4, 0.5) is 5.69 Å². The molecule has 0 bridgehead atoms. The first-order valence-electron chi connectivity index (χ1n) is 9.11. The van der Waals surface area contributed by atoms with Crippen LogP contribution < -0.4 is 10.2 Å². The minimum absolute atomic E-state index is 0.0288. The Kier molecular flexibility index (Phi) is 5.44. The monoisotopic (exact) mass is 495 g/mol. The largest absolute Gasteiger partial charge is 0.308 e. The number of para-hydroxylation sites is 1. The van der Waals surface area contributed by atoms with E-state index in [0.29, 0.717) is 5.56 Å². The van der Waals surface area contributed by atoms with Crippen molar-refractivity contribution in [3.8, 4) is 0 Å². The van der Waals surface area contributed by atoms with Gasteiger partial charge in [0, 0.05) is 27.4 Å². The van der Waals surface area contributed by atoms with Gasteiger partial charge in [-0.1, -0.05) is 48.5 Å². The van der Waals surface area contributed by atoms with Gasteiger partial charge in [0.05, 0.1) is 0 Å². The molecule has 5 nitrogen and oxygen atoms in total. The van der Waals surface area contributed by atoms with E-state index in [-0.39, 0.29) is 17.6 Å². The number of aliphatic imine (C=N–C) groups is 1. The lowest BCUT2D eigenvalue weighted by Crippen LogP contribution is -2.43. The number of likely N-dealkylation sites (N-methyl/N-ethyl adjacent to an activating group) is 1. The lowest BCUT2D eigenvalue weighted by Gasteiger charge is -2.19. The van der Waals surface area contributed by atoms with Crippen molar-refractivity contribution in [1.29, 1.82) is 0 Å². The van der Waals surface area contributed by atoms with E-state index >= 15 is 0 Å². The van der Waals surface area contributed by atoms with Gasteiger partial charge in [-0.2, -0.15) is 0 Å². The fourth-order valence-electron chi connectivity index (χ4n) is 3.30. The van der Waals surface area contributed by atoms with E-state index in [9.17, 15) is 9.59 Å². The lowest BCUT2D eigenvalue weighted by atomic mass is 9.97. The molecule has 0 radical (unpaired) electrons. The molecule has 3 aromatic rings. The second-order valence-corrected chi connectivity index (χ2v) is 7.92. The van der Waals surface area contributed by atoms with E-state index in [1.165, 1.54) is 4.90 Å². The molecule has 0 spiro atoms. The molecule has 29 heavy (non-hydrogen) atoms. The topological polar surface area (TPSA) is 61.8 Å². The number of anilines is 1. The highest BCUT2D eigenvalue weighted by molar-refractivity contribution is 14.1.